The Morgan fingerprint density at radius 2 is 2.04 bits per heavy atom. The molecule has 1 saturated heterocycles. The molecule has 1 aliphatic carbocycles. The number of aliphatic imine (C=N–C) groups is 1. The number of ether oxygens (including phenoxy) is 1. The lowest BCUT2D eigenvalue weighted by molar-refractivity contribution is 0.0320. The summed E-state index contributed by atoms with van der Waals surface area (Å²) in [6, 6.07) is 8.69. The molecule has 0 amide bonds. The minimum absolute atomic E-state index is 0. The first-order valence-corrected chi connectivity index (χ1v) is 10.4. The number of benzene rings is 1. The summed E-state index contributed by atoms with van der Waals surface area (Å²) >= 11 is 3.59. The van der Waals surface area contributed by atoms with Gasteiger partial charge in [0.15, 0.2) is 5.96 Å². The van der Waals surface area contributed by atoms with Gasteiger partial charge >= 0.3 is 0 Å². The summed E-state index contributed by atoms with van der Waals surface area (Å²) in [5, 5.41) is 7.03. The smallest absolute Gasteiger partial charge is 0.191 e. The third kappa shape index (κ3) is 6.87. The quantitative estimate of drug-likeness (QED) is 0.311. The van der Waals surface area contributed by atoms with Crippen molar-refractivity contribution in [3.8, 4) is 0 Å². The number of nitrogens with zero attached hydrogens (tertiary/aromatic N) is 2. The average molecular weight is 551 g/mol. The fourth-order valence-corrected chi connectivity index (χ4v) is 3.97. The highest BCUT2D eigenvalue weighted by Crippen LogP contribution is 2.48. The molecule has 1 unspecified atom stereocenters. The first-order valence-electron chi connectivity index (χ1n) is 9.62. The molecule has 1 atom stereocenters. The van der Waals surface area contributed by atoms with E-state index in [4.69, 9.17) is 4.74 Å². The van der Waals surface area contributed by atoms with Gasteiger partial charge in [0.25, 0.3) is 0 Å². The van der Waals surface area contributed by atoms with Crippen LogP contribution in [0.4, 0.5) is 0 Å². The second kappa shape index (κ2) is 11.0. The van der Waals surface area contributed by atoms with Crippen LogP contribution in [0, 0.1) is 5.92 Å². The molecule has 0 aromatic heterocycles. The Balaban J connectivity index is 0.00000261. The summed E-state index contributed by atoms with van der Waals surface area (Å²) < 4.78 is 6.57. The van der Waals surface area contributed by atoms with Crippen LogP contribution in [-0.2, 0) is 10.2 Å². The van der Waals surface area contributed by atoms with Crippen molar-refractivity contribution in [1.82, 2.24) is 15.5 Å². The molecule has 5 nitrogen and oxygen atoms in total. The summed E-state index contributed by atoms with van der Waals surface area (Å²) in [5.74, 6) is 1.48. The largest absolute Gasteiger partial charge is 0.379 e. The summed E-state index contributed by atoms with van der Waals surface area (Å²) in [6.07, 6.45) is 2.47. The minimum atomic E-state index is 0. The van der Waals surface area contributed by atoms with Crippen molar-refractivity contribution in [1.29, 1.82) is 0 Å². The predicted molar refractivity (Wildman–Crippen MR) is 126 cm³/mol. The van der Waals surface area contributed by atoms with Crippen molar-refractivity contribution in [3.63, 3.8) is 0 Å². The molecular formula is C20H32BrIN4O. The van der Waals surface area contributed by atoms with Crippen LogP contribution >= 0.6 is 39.9 Å². The van der Waals surface area contributed by atoms with Gasteiger partial charge < -0.3 is 15.4 Å². The number of rotatable bonds is 7. The maximum absolute atomic E-state index is 5.42. The number of hydrogen-bond donors (Lipinski definition) is 2. The van der Waals surface area contributed by atoms with Crippen LogP contribution in [-0.4, -0.2) is 63.8 Å². The number of halogens is 2. The van der Waals surface area contributed by atoms with Gasteiger partial charge in [-0.25, -0.2) is 0 Å². The van der Waals surface area contributed by atoms with Gasteiger partial charge in [-0.05, 0) is 36.5 Å². The van der Waals surface area contributed by atoms with Crippen LogP contribution in [0.15, 0.2) is 33.7 Å². The number of hydrogen-bond acceptors (Lipinski definition) is 3. The minimum Gasteiger partial charge on any atom is -0.379 e. The van der Waals surface area contributed by atoms with Crippen LogP contribution in [0.1, 0.15) is 25.3 Å². The highest BCUT2D eigenvalue weighted by Gasteiger charge is 2.44. The molecule has 1 aliphatic heterocycles. The normalized spacial score (nSPS) is 20.5. The molecule has 7 heteroatoms. The Morgan fingerprint density at radius 3 is 2.67 bits per heavy atom. The van der Waals surface area contributed by atoms with Crippen LogP contribution in [0.25, 0.3) is 0 Å². The summed E-state index contributed by atoms with van der Waals surface area (Å²) in [6.45, 7) is 9.08. The van der Waals surface area contributed by atoms with Gasteiger partial charge in [0.2, 0.25) is 0 Å². The van der Waals surface area contributed by atoms with Crippen LogP contribution in [0.2, 0.25) is 0 Å². The molecule has 27 heavy (non-hydrogen) atoms. The third-order valence-electron chi connectivity index (χ3n) is 5.40. The van der Waals surface area contributed by atoms with E-state index in [0.717, 1.165) is 56.4 Å². The SMILES string of the molecule is CN=C(NCC(C)CN1CCOCC1)NCC1(c2cccc(Br)c2)CC1.I. The molecule has 0 spiro atoms. The Kier molecular flexibility index (Phi) is 9.31. The maximum Gasteiger partial charge on any atom is 0.191 e. The number of morpholine rings is 1. The molecular weight excluding hydrogens is 519 g/mol. The molecule has 1 aromatic carbocycles. The summed E-state index contributed by atoms with van der Waals surface area (Å²) in [7, 11) is 1.85. The van der Waals surface area contributed by atoms with E-state index in [0.29, 0.717) is 5.92 Å². The third-order valence-corrected chi connectivity index (χ3v) is 5.89. The van der Waals surface area contributed by atoms with E-state index in [1.807, 2.05) is 7.05 Å². The van der Waals surface area contributed by atoms with E-state index >= 15 is 0 Å². The second-order valence-electron chi connectivity index (χ2n) is 7.62. The monoisotopic (exact) mass is 550 g/mol. The van der Waals surface area contributed by atoms with Gasteiger partial charge in [-0.1, -0.05) is 35.0 Å². The van der Waals surface area contributed by atoms with Gasteiger partial charge in [0.05, 0.1) is 13.2 Å². The van der Waals surface area contributed by atoms with Crippen molar-refractivity contribution in [3.05, 3.63) is 34.3 Å². The lowest BCUT2D eigenvalue weighted by Gasteiger charge is -2.29. The van der Waals surface area contributed by atoms with Crippen molar-refractivity contribution in [2.24, 2.45) is 10.9 Å². The molecule has 1 saturated carbocycles. The molecule has 2 fully saturated rings. The Bertz CT molecular complexity index is 618. The lowest BCUT2D eigenvalue weighted by Crippen LogP contribution is -2.45. The topological polar surface area (TPSA) is 48.9 Å². The molecule has 152 valence electrons. The summed E-state index contributed by atoms with van der Waals surface area (Å²) in [5.41, 5.74) is 1.68. The fourth-order valence-electron chi connectivity index (χ4n) is 3.57. The van der Waals surface area contributed by atoms with Crippen molar-refractivity contribution < 1.29 is 4.74 Å². The first kappa shape index (κ1) is 22.9. The zero-order valence-corrected chi connectivity index (χ0v) is 20.3. The maximum atomic E-state index is 5.42. The second-order valence-corrected chi connectivity index (χ2v) is 8.53. The lowest BCUT2D eigenvalue weighted by atomic mass is 9.96. The highest BCUT2D eigenvalue weighted by molar-refractivity contribution is 14.0. The predicted octanol–water partition coefficient (Wildman–Crippen LogP) is 3.23. The Labute approximate surface area is 188 Å². The Morgan fingerprint density at radius 1 is 1.30 bits per heavy atom. The van der Waals surface area contributed by atoms with Crippen molar-refractivity contribution in [2.75, 3.05) is 53.0 Å². The van der Waals surface area contributed by atoms with E-state index in [1.165, 1.54) is 18.4 Å². The van der Waals surface area contributed by atoms with Crippen LogP contribution in [0.5, 0.6) is 0 Å². The molecule has 0 bridgehead atoms. The van der Waals surface area contributed by atoms with Gasteiger partial charge in [0, 0.05) is 49.7 Å². The van der Waals surface area contributed by atoms with E-state index in [1.54, 1.807) is 0 Å². The standard InChI is InChI=1S/C20H31BrN4O.HI/c1-16(14-25-8-10-26-11-9-25)13-23-19(22-2)24-15-20(6-7-20)17-4-3-5-18(21)12-17;/h3-5,12,16H,6-11,13-15H2,1-2H3,(H2,22,23,24);1H. The molecule has 2 aliphatic rings. The van der Waals surface area contributed by atoms with Gasteiger partial charge in [-0.3, -0.25) is 9.89 Å². The molecule has 1 aromatic rings. The van der Waals surface area contributed by atoms with Gasteiger partial charge in [0.1, 0.15) is 0 Å². The Hall–Kier alpha value is -0.380. The molecule has 3 rings (SSSR count). The van der Waals surface area contributed by atoms with E-state index in [9.17, 15) is 0 Å². The first-order chi connectivity index (χ1) is 12.6. The fraction of sp³-hybridized carbons (Fsp3) is 0.650. The number of guanidine groups is 1. The van der Waals surface area contributed by atoms with Gasteiger partial charge in [-0.2, -0.15) is 0 Å². The van der Waals surface area contributed by atoms with E-state index < -0.39 is 0 Å². The molecule has 1 heterocycles. The number of nitrogens with one attached hydrogen (secondary N) is 2. The van der Waals surface area contributed by atoms with Gasteiger partial charge in [-0.15, -0.1) is 24.0 Å². The van der Waals surface area contributed by atoms with Crippen molar-refractivity contribution in [2.45, 2.75) is 25.2 Å². The molecule has 0 radical (unpaired) electrons. The van der Waals surface area contributed by atoms with Crippen LogP contribution < -0.4 is 10.6 Å². The van der Waals surface area contributed by atoms with E-state index in [2.05, 4.69) is 67.6 Å². The van der Waals surface area contributed by atoms with E-state index in [-0.39, 0.29) is 29.4 Å². The zero-order valence-electron chi connectivity index (χ0n) is 16.3. The summed E-state index contributed by atoms with van der Waals surface area (Å²) in [4.78, 5) is 6.89. The zero-order chi connectivity index (χ0) is 18.4. The average Bonchev–Trinajstić information content (AvgIpc) is 3.44. The van der Waals surface area contributed by atoms with Crippen molar-refractivity contribution >= 4 is 45.9 Å². The van der Waals surface area contributed by atoms with Crippen LogP contribution in [0.3, 0.4) is 0 Å². The highest BCUT2D eigenvalue weighted by atomic mass is 127. The molecule has 2 N–H and O–H groups in total.